The average molecular weight is 361 g/mol. The van der Waals surface area contributed by atoms with E-state index >= 15 is 0 Å². The molecule has 3 heterocycles. The van der Waals surface area contributed by atoms with Crippen LogP contribution in [0.4, 0.5) is 10.5 Å². The summed E-state index contributed by atoms with van der Waals surface area (Å²) in [5.74, 6) is 1.25. The van der Waals surface area contributed by atoms with E-state index in [9.17, 15) is 4.79 Å². The molecule has 2 amide bonds. The fraction of sp³-hybridized carbons (Fsp3) is 0.188. The molecule has 0 unspecified atom stereocenters. The molecule has 4 rings (SSSR count). The monoisotopic (exact) mass is 360 g/mol. The van der Waals surface area contributed by atoms with Gasteiger partial charge in [0.1, 0.15) is 0 Å². The van der Waals surface area contributed by atoms with E-state index in [2.05, 4.69) is 15.5 Å². The van der Waals surface area contributed by atoms with Gasteiger partial charge in [-0.3, -0.25) is 0 Å². The van der Waals surface area contributed by atoms with Crippen LogP contribution in [-0.2, 0) is 0 Å². The van der Waals surface area contributed by atoms with Crippen molar-refractivity contribution in [1.82, 2.24) is 15.0 Å². The highest BCUT2D eigenvalue weighted by Crippen LogP contribution is 2.28. The van der Waals surface area contributed by atoms with Gasteiger partial charge in [0, 0.05) is 34.7 Å². The molecule has 1 fully saturated rings. The summed E-state index contributed by atoms with van der Waals surface area (Å²) in [6.45, 7) is 1.12. The van der Waals surface area contributed by atoms with E-state index in [0.717, 1.165) is 5.56 Å². The van der Waals surface area contributed by atoms with E-state index in [-0.39, 0.29) is 11.9 Å². The number of hydrogen-bond donors (Lipinski definition) is 1. The number of rotatable bonds is 3. The van der Waals surface area contributed by atoms with Crippen LogP contribution in [0.15, 0.2) is 45.6 Å². The number of benzene rings is 1. The third-order valence-electron chi connectivity index (χ3n) is 3.83. The van der Waals surface area contributed by atoms with Gasteiger partial charge in [0.15, 0.2) is 0 Å². The minimum absolute atomic E-state index is 0.0841. The molecule has 0 spiro atoms. The fourth-order valence-electron chi connectivity index (χ4n) is 2.45. The molecular formula is C16H13ClN4O2S. The lowest BCUT2D eigenvalue weighted by Gasteiger charge is -2.36. The van der Waals surface area contributed by atoms with E-state index in [1.807, 2.05) is 16.8 Å². The highest BCUT2D eigenvalue weighted by atomic mass is 35.5. The van der Waals surface area contributed by atoms with E-state index in [0.29, 0.717) is 35.5 Å². The van der Waals surface area contributed by atoms with Crippen LogP contribution in [0.5, 0.6) is 0 Å². The number of carbonyl (C=O) groups excluding carboxylic acids is 1. The first kappa shape index (κ1) is 15.2. The molecule has 1 aromatic carbocycles. The first-order valence-electron chi connectivity index (χ1n) is 7.37. The zero-order chi connectivity index (χ0) is 16.5. The third kappa shape index (κ3) is 3.00. The Kier molecular flexibility index (Phi) is 3.95. The summed E-state index contributed by atoms with van der Waals surface area (Å²) in [5, 5.41) is 11.4. The van der Waals surface area contributed by atoms with Crippen LogP contribution in [0.25, 0.3) is 11.4 Å². The second-order valence-corrected chi connectivity index (χ2v) is 6.72. The van der Waals surface area contributed by atoms with Gasteiger partial charge in [0.05, 0.1) is 5.92 Å². The van der Waals surface area contributed by atoms with Crippen molar-refractivity contribution in [3.63, 3.8) is 0 Å². The molecule has 0 bridgehead atoms. The van der Waals surface area contributed by atoms with Crippen LogP contribution in [0.2, 0.25) is 5.02 Å². The van der Waals surface area contributed by atoms with Crippen LogP contribution in [0.3, 0.4) is 0 Å². The SMILES string of the molecule is O=C(Nc1ccc(Cl)cc1)N1CC(c2nc(-c3ccsc3)no2)C1. The normalized spacial score (nSPS) is 14.5. The van der Waals surface area contributed by atoms with E-state index in [1.54, 1.807) is 40.5 Å². The number of amides is 2. The minimum atomic E-state index is -0.147. The molecule has 6 nitrogen and oxygen atoms in total. The molecule has 2 aromatic heterocycles. The largest absolute Gasteiger partial charge is 0.339 e. The van der Waals surface area contributed by atoms with Crippen LogP contribution in [-0.4, -0.2) is 34.2 Å². The van der Waals surface area contributed by atoms with Crippen LogP contribution < -0.4 is 5.32 Å². The van der Waals surface area contributed by atoms with E-state index in [4.69, 9.17) is 16.1 Å². The number of nitrogens with zero attached hydrogens (tertiary/aromatic N) is 3. The molecule has 24 heavy (non-hydrogen) atoms. The van der Waals surface area contributed by atoms with Crippen molar-refractivity contribution in [3.05, 3.63) is 52.0 Å². The number of anilines is 1. The zero-order valence-corrected chi connectivity index (χ0v) is 14.0. The summed E-state index contributed by atoms with van der Waals surface area (Å²) in [5.41, 5.74) is 1.66. The van der Waals surface area contributed by atoms with Gasteiger partial charge in [-0.2, -0.15) is 16.3 Å². The summed E-state index contributed by atoms with van der Waals surface area (Å²) >= 11 is 7.42. The average Bonchev–Trinajstić information content (AvgIpc) is 3.19. The Morgan fingerprint density at radius 3 is 2.79 bits per heavy atom. The van der Waals surface area contributed by atoms with Crippen LogP contribution in [0, 0.1) is 0 Å². The Bertz CT molecular complexity index is 841. The zero-order valence-electron chi connectivity index (χ0n) is 12.5. The third-order valence-corrected chi connectivity index (χ3v) is 4.77. The van der Waals surface area contributed by atoms with Gasteiger partial charge in [0.25, 0.3) is 0 Å². The molecular weight excluding hydrogens is 348 g/mol. The van der Waals surface area contributed by atoms with Gasteiger partial charge in [-0.1, -0.05) is 16.8 Å². The van der Waals surface area contributed by atoms with Crippen molar-refractivity contribution in [2.75, 3.05) is 18.4 Å². The first-order chi connectivity index (χ1) is 11.7. The lowest BCUT2D eigenvalue weighted by atomic mass is 10.0. The van der Waals surface area contributed by atoms with Gasteiger partial charge >= 0.3 is 6.03 Å². The summed E-state index contributed by atoms with van der Waals surface area (Å²) in [4.78, 5) is 18.3. The van der Waals surface area contributed by atoms with E-state index < -0.39 is 0 Å². The number of thiophene rings is 1. The molecule has 1 aliphatic rings. The maximum Gasteiger partial charge on any atom is 0.321 e. The number of hydrogen-bond acceptors (Lipinski definition) is 5. The molecule has 0 saturated carbocycles. The van der Waals surface area contributed by atoms with Crippen LogP contribution in [0.1, 0.15) is 11.8 Å². The predicted octanol–water partition coefficient (Wildman–Crippen LogP) is 4.08. The van der Waals surface area contributed by atoms with Crippen molar-refractivity contribution in [1.29, 1.82) is 0 Å². The fourth-order valence-corrected chi connectivity index (χ4v) is 3.21. The topological polar surface area (TPSA) is 71.3 Å². The highest BCUT2D eigenvalue weighted by molar-refractivity contribution is 7.08. The molecule has 0 aliphatic carbocycles. The molecule has 1 aliphatic heterocycles. The smallest absolute Gasteiger partial charge is 0.321 e. The Balaban J connectivity index is 1.34. The second kappa shape index (κ2) is 6.26. The molecule has 1 saturated heterocycles. The Labute approximate surface area is 147 Å². The maximum atomic E-state index is 12.2. The first-order valence-corrected chi connectivity index (χ1v) is 8.69. The molecule has 122 valence electrons. The van der Waals surface area contributed by atoms with E-state index in [1.165, 1.54) is 0 Å². The van der Waals surface area contributed by atoms with Gasteiger partial charge in [0.2, 0.25) is 11.7 Å². The van der Waals surface area contributed by atoms with Crippen LogP contribution >= 0.6 is 22.9 Å². The summed E-state index contributed by atoms with van der Waals surface area (Å²) in [6.07, 6.45) is 0. The Morgan fingerprint density at radius 1 is 1.29 bits per heavy atom. The molecule has 0 radical (unpaired) electrons. The number of carbonyl (C=O) groups is 1. The van der Waals surface area contributed by atoms with Crippen molar-refractivity contribution in [2.45, 2.75) is 5.92 Å². The minimum Gasteiger partial charge on any atom is -0.339 e. The Morgan fingerprint density at radius 2 is 2.08 bits per heavy atom. The lowest BCUT2D eigenvalue weighted by Crippen LogP contribution is -2.50. The lowest BCUT2D eigenvalue weighted by molar-refractivity contribution is 0.147. The second-order valence-electron chi connectivity index (χ2n) is 5.51. The number of urea groups is 1. The van der Waals surface area contributed by atoms with Gasteiger partial charge in [-0.25, -0.2) is 4.79 Å². The van der Waals surface area contributed by atoms with Gasteiger partial charge < -0.3 is 14.7 Å². The summed E-state index contributed by atoms with van der Waals surface area (Å²) < 4.78 is 5.32. The number of halogens is 1. The number of likely N-dealkylation sites (tertiary alicyclic amines) is 1. The standard InChI is InChI=1S/C16H13ClN4O2S/c17-12-1-3-13(4-2-12)18-16(22)21-7-11(8-21)15-19-14(20-23-15)10-5-6-24-9-10/h1-6,9,11H,7-8H2,(H,18,22). The molecule has 3 aromatic rings. The number of nitrogens with one attached hydrogen (secondary N) is 1. The molecule has 8 heteroatoms. The van der Waals surface area contributed by atoms with Crippen molar-refractivity contribution < 1.29 is 9.32 Å². The summed E-state index contributed by atoms with van der Waals surface area (Å²) in [6, 6.07) is 8.81. The molecule has 1 N–H and O–H groups in total. The highest BCUT2D eigenvalue weighted by Gasteiger charge is 2.35. The molecule has 0 atom stereocenters. The predicted molar refractivity (Wildman–Crippen MR) is 92.4 cm³/mol. The van der Waals surface area contributed by atoms with Crippen molar-refractivity contribution in [2.24, 2.45) is 0 Å². The van der Waals surface area contributed by atoms with Gasteiger partial charge in [-0.15, -0.1) is 0 Å². The quantitative estimate of drug-likeness (QED) is 0.763. The Hall–Kier alpha value is -2.38. The number of aromatic nitrogens is 2. The van der Waals surface area contributed by atoms with Crippen molar-refractivity contribution in [3.8, 4) is 11.4 Å². The van der Waals surface area contributed by atoms with Crippen molar-refractivity contribution >= 4 is 34.7 Å². The van der Waals surface area contributed by atoms with Gasteiger partial charge in [-0.05, 0) is 35.7 Å². The maximum absolute atomic E-state index is 12.2. The summed E-state index contributed by atoms with van der Waals surface area (Å²) in [7, 11) is 0.